The number of rotatable bonds is 5. The van der Waals surface area contributed by atoms with Crippen LogP contribution in [0.15, 0.2) is 30.3 Å². The van der Waals surface area contributed by atoms with Gasteiger partial charge in [0.2, 0.25) is 0 Å². The van der Waals surface area contributed by atoms with E-state index in [0.717, 1.165) is 26.1 Å². The van der Waals surface area contributed by atoms with E-state index in [1.165, 1.54) is 5.56 Å². The Morgan fingerprint density at radius 3 is 2.12 bits per heavy atom. The molecular formula is C18H26N2O6. The fourth-order valence-corrected chi connectivity index (χ4v) is 2.49. The van der Waals surface area contributed by atoms with Gasteiger partial charge in [-0.15, -0.1) is 0 Å². The second-order valence-electron chi connectivity index (χ2n) is 6.16. The van der Waals surface area contributed by atoms with Gasteiger partial charge in [-0.05, 0) is 24.8 Å². The van der Waals surface area contributed by atoms with E-state index in [4.69, 9.17) is 30.3 Å². The van der Waals surface area contributed by atoms with E-state index in [0.29, 0.717) is 19.4 Å². The molecule has 0 aliphatic carbocycles. The SMILES string of the molecule is CCCOC(=O)C1(N)CCN(Cc2ccccc2)CC1.O=C(O)C(=O)O. The summed E-state index contributed by atoms with van der Waals surface area (Å²) in [5.41, 5.74) is 6.71. The zero-order valence-electron chi connectivity index (χ0n) is 14.9. The summed E-state index contributed by atoms with van der Waals surface area (Å²) in [5, 5.41) is 14.8. The van der Waals surface area contributed by atoms with E-state index < -0.39 is 17.5 Å². The summed E-state index contributed by atoms with van der Waals surface area (Å²) in [6.45, 7) is 5.05. The highest BCUT2D eigenvalue weighted by molar-refractivity contribution is 6.27. The molecule has 0 bridgehead atoms. The van der Waals surface area contributed by atoms with Crippen LogP contribution in [0.5, 0.6) is 0 Å². The van der Waals surface area contributed by atoms with Gasteiger partial charge in [0.25, 0.3) is 0 Å². The molecule has 2 rings (SSSR count). The number of carboxylic acid groups (broad SMARTS) is 2. The molecule has 4 N–H and O–H groups in total. The third kappa shape index (κ3) is 7.20. The van der Waals surface area contributed by atoms with Gasteiger partial charge in [0, 0.05) is 19.6 Å². The highest BCUT2D eigenvalue weighted by Gasteiger charge is 2.38. The van der Waals surface area contributed by atoms with E-state index >= 15 is 0 Å². The number of hydrogen-bond acceptors (Lipinski definition) is 6. The van der Waals surface area contributed by atoms with Gasteiger partial charge in [-0.1, -0.05) is 37.3 Å². The summed E-state index contributed by atoms with van der Waals surface area (Å²) in [5.74, 6) is -3.89. The van der Waals surface area contributed by atoms with E-state index in [2.05, 4.69) is 29.2 Å². The Hall–Kier alpha value is -2.45. The molecule has 0 aromatic heterocycles. The first-order valence-electron chi connectivity index (χ1n) is 8.47. The number of ether oxygens (including phenoxy) is 1. The lowest BCUT2D eigenvalue weighted by Crippen LogP contribution is -2.56. The maximum Gasteiger partial charge on any atom is 0.414 e. The van der Waals surface area contributed by atoms with Gasteiger partial charge in [0.05, 0.1) is 6.61 Å². The summed E-state index contributed by atoms with van der Waals surface area (Å²) >= 11 is 0. The highest BCUT2D eigenvalue weighted by atomic mass is 16.5. The molecule has 1 fully saturated rings. The highest BCUT2D eigenvalue weighted by Crippen LogP contribution is 2.22. The van der Waals surface area contributed by atoms with Crippen LogP contribution in [0.25, 0.3) is 0 Å². The number of benzene rings is 1. The molecule has 1 saturated heterocycles. The van der Waals surface area contributed by atoms with E-state index in [-0.39, 0.29) is 5.97 Å². The summed E-state index contributed by atoms with van der Waals surface area (Å²) in [4.78, 5) is 32.5. The van der Waals surface area contributed by atoms with Crippen LogP contribution in [0.4, 0.5) is 0 Å². The lowest BCUT2D eigenvalue weighted by Gasteiger charge is -2.37. The second kappa shape index (κ2) is 10.5. The van der Waals surface area contributed by atoms with Crippen molar-refractivity contribution in [2.75, 3.05) is 19.7 Å². The number of carboxylic acids is 2. The molecule has 1 heterocycles. The van der Waals surface area contributed by atoms with Gasteiger partial charge in [-0.25, -0.2) is 9.59 Å². The number of likely N-dealkylation sites (tertiary alicyclic amines) is 1. The van der Waals surface area contributed by atoms with Crippen molar-refractivity contribution in [1.82, 2.24) is 4.90 Å². The molecule has 1 aliphatic heterocycles. The first-order chi connectivity index (χ1) is 12.3. The molecule has 8 heteroatoms. The number of carbonyl (C=O) groups is 3. The summed E-state index contributed by atoms with van der Waals surface area (Å²) in [7, 11) is 0. The number of aliphatic carboxylic acids is 2. The number of hydrogen-bond donors (Lipinski definition) is 3. The molecule has 0 atom stereocenters. The van der Waals surface area contributed by atoms with Gasteiger partial charge in [0.15, 0.2) is 0 Å². The summed E-state index contributed by atoms with van der Waals surface area (Å²) < 4.78 is 5.20. The first-order valence-corrected chi connectivity index (χ1v) is 8.47. The van der Waals surface area contributed by atoms with Gasteiger partial charge in [-0.2, -0.15) is 0 Å². The maximum atomic E-state index is 12.0. The van der Waals surface area contributed by atoms with Crippen LogP contribution in [0.2, 0.25) is 0 Å². The average molecular weight is 366 g/mol. The summed E-state index contributed by atoms with van der Waals surface area (Å²) in [6, 6.07) is 10.4. The number of carbonyl (C=O) groups excluding carboxylic acids is 1. The number of nitrogens with two attached hydrogens (primary N) is 1. The van der Waals surface area contributed by atoms with E-state index in [9.17, 15) is 4.79 Å². The Labute approximate surface area is 152 Å². The lowest BCUT2D eigenvalue weighted by molar-refractivity contribution is -0.159. The van der Waals surface area contributed by atoms with Crippen molar-refractivity contribution in [2.45, 2.75) is 38.3 Å². The van der Waals surface area contributed by atoms with E-state index in [1.807, 2.05) is 13.0 Å². The minimum atomic E-state index is -1.82. The van der Waals surface area contributed by atoms with Crippen molar-refractivity contribution in [1.29, 1.82) is 0 Å². The van der Waals surface area contributed by atoms with Gasteiger partial charge in [0.1, 0.15) is 5.54 Å². The summed E-state index contributed by atoms with van der Waals surface area (Å²) in [6.07, 6.45) is 2.17. The molecule has 0 saturated carbocycles. The van der Waals surface area contributed by atoms with Crippen LogP contribution in [0.1, 0.15) is 31.7 Å². The predicted molar refractivity (Wildman–Crippen MR) is 94.4 cm³/mol. The largest absolute Gasteiger partial charge is 0.473 e. The smallest absolute Gasteiger partial charge is 0.414 e. The number of piperidine rings is 1. The maximum absolute atomic E-state index is 12.0. The number of esters is 1. The van der Waals surface area contributed by atoms with Gasteiger partial charge >= 0.3 is 17.9 Å². The van der Waals surface area contributed by atoms with E-state index in [1.54, 1.807) is 0 Å². The quantitative estimate of drug-likeness (QED) is 0.521. The van der Waals surface area contributed by atoms with Crippen LogP contribution in [0.3, 0.4) is 0 Å². The molecule has 1 aromatic rings. The molecule has 0 amide bonds. The molecule has 1 aliphatic rings. The van der Waals surface area contributed by atoms with Crippen molar-refractivity contribution < 1.29 is 29.3 Å². The average Bonchev–Trinajstić information content (AvgIpc) is 2.63. The fraction of sp³-hybridized carbons (Fsp3) is 0.500. The molecule has 144 valence electrons. The van der Waals surface area contributed by atoms with Crippen molar-refractivity contribution in [2.24, 2.45) is 5.73 Å². The van der Waals surface area contributed by atoms with Crippen molar-refractivity contribution in [3.05, 3.63) is 35.9 Å². The second-order valence-corrected chi connectivity index (χ2v) is 6.16. The Morgan fingerprint density at radius 1 is 1.12 bits per heavy atom. The molecule has 0 spiro atoms. The van der Waals surface area contributed by atoms with Crippen LogP contribution in [-0.4, -0.2) is 58.3 Å². The van der Waals surface area contributed by atoms with Gasteiger partial charge < -0.3 is 20.7 Å². The molecule has 8 nitrogen and oxygen atoms in total. The Balaban J connectivity index is 0.000000487. The Bertz CT molecular complexity index is 585. The molecule has 0 unspecified atom stereocenters. The topological polar surface area (TPSA) is 130 Å². The van der Waals surface area contributed by atoms with Gasteiger partial charge in [-0.3, -0.25) is 9.69 Å². The Morgan fingerprint density at radius 2 is 1.65 bits per heavy atom. The third-order valence-corrected chi connectivity index (χ3v) is 4.02. The molecule has 1 aromatic carbocycles. The Kier molecular flexibility index (Phi) is 8.74. The van der Waals surface area contributed by atoms with Crippen LogP contribution in [0, 0.1) is 0 Å². The van der Waals surface area contributed by atoms with Crippen molar-refractivity contribution in [3.8, 4) is 0 Å². The third-order valence-electron chi connectivity index (χ3n) is 4.02. The standard InChI is InChI=1S/C16H24N2O2.C2H2O4/c1-2-12-20-15(19)16(17)8-10-18(11-9-16)13-14-6-4-3-5-7-14;3-1(4)2(5)6/h3-7H,2,8-13,17H2,1H3;(H,3,4)(H,5,6). The fourth-order valence-electron chi connectivity index (χ4n) is 2.49. The van der Waals surface area contributed by atoms with Crippen LogP contribution in [-0.2, 0) is 25.7 Å². The van der Waals surface area contributed by atoms with Crippen LogP contribution < -0.4 is 5.73 Å². The van der Waals surface area contributed by atoms with Crippen LogP contribution >= 0.6 is 0 Å². The lowest BCUT2D eigenvalue weighted by atomic mass is 9.88. The van der Waals surface area contributed by atoms with Crippen molar-refractivity contribution in [3.63, 3.8) is 0 Å². The minimum absolute atomic E-state index is 0.237. The molecular weight excluding hydrogens is 340 g/mol. The number of nitrogens with zero attached hydrogens (tertiary/aromatic N) is 1. The zero-order chi connectivity index (χ0) is 19.6. The molecule has 26 heavy (non-hydrogen) atoms. The zero-order valence-corrected chi connectivity index (χ0v) is 14.9. The normalized spacial score (nSPS) is 16.1. The van der Waals surface area contributed by atoms with Crippen molar-refractivity contribution >= 4 is 17.9 Å². The predicted octanol–water partition coefficient (Wildman–Crippen LogP) is 1.09. The monoisotopic (exact) mass is 366 g/mol. The first kappa shape index (κ1) is 21.6. The minimum Gasteiger partial charge on any atom is -0.473 e. The molecule has 0 radical (unpaired) electrons.